The van der Waals surface area contributed by atoms with E-state index in [1.165, 1.54) is 0 Å². The van der Waals surface area contributed by atoms with Crippen molar-refractivity contribution in [1.29, 1.82) is 0 Å². The third-order valence-electron chi connectivity index (χ3n) is 4.79. The maximum Gasteiger partial charge on any atom is 0.255 e. The Morgan fingerprint density at radius 1 is 1.03 bits per heavy atom. The molecule has 0 aliphatic rings. The molecule has 32 heavy (non-hydrogen) atoms. The van der Waals surface area contributed by atoms with Gasteiger partial charge >= 0.3 is 0 Å². The van der Waals surface area contributed by atoms with Gasteiger partial charge in [-0.05, 0) is 47.5 Å². The highest BCUT2D eigenvalue weighted by molar-refractivity contribution is 6.32. The first kappa shape index (κ1) is 21.5. The van der Waals surface area contributed by atoms with Crippen LogP contribution in [0.2, 0.25) is 5.02 Å². The van der Waals surface area contributed by atoms with Gasteiger partial charge in [-0.25, -0.2) is 0 Å². The van der Waals surface area contributed by atoms with Crippen molar-refractivity contribution in [2.45, 2.75) is 13.2 Å². The largest absolute Gasteiger partial charge is 0.497 e. The van der Waals surface area contributed by atoms with Gasteiger partial charge in [-0.2, -0.15) is 5.10 Å². The van der Waals surface area contributed by atoms with E-state index in [1.54, 1.807) is 42.4 Å². The molecule has 162 valence electrons. The lowest BCUT2D eigenvalue weighted by molar-refractivity contribution is 0.102. The van der Waals surface area contributed by atoms with Crippen molar-refractivity contribution in [3.63, 3.8) is 0 Å². The smallest absolute Gasteiger partial charge is 0.255 e. The Balaban J connectivity index is 1.38. The molecule has 1 aromatic heterocycles. The molecule has 0 unspecified atom stereocenters. The third-order valence-corrected chi connectivity index (χ3v) is 5.10. The number of nitrogens with zero attached hydrogens (tertiary/aromatic N) is 2. The molecule has 1 heterocycles. The lowest BCUT2D eigenvalue weighted by Gasteiger charge is -2.09. The molecule has 4 rings (SSSR count). The SMILES string of the molecule is COc1cccc(Cn2cc(NC(=O)c3cccc(COc4ccccc4Cl)c3)cn2)c1. The van der Waals surface area contributed by atoms with Crippen LogP contribution >= 0.6 is 11.6 Å². The van der Waals surface area contributed by atoms with Crippen molar-refractivity contribution in [2.24, 2.45) is 0 Å². The zero-order chi connectivity index (χ0) is 22.3. The second-order valence-electron chi connectivity index (χ2n) is 7.15. The van der Waals surface area contributed by atoms with E-state index >= 15 is 0 Å². The first-order chi connectivity index (χ1) is 15.6. The summed E-state index contributed by atoms with van der Waals surface area (Å²) in [7, 11) is 1.64. The Morgan fingerprint density at radius 3 is 2.69 bits per heavy atom. The molecule has 1 amide bonds. The van der Waals surface area contributed by atoms with E-state index in [9.17, 15) is 4.79 Å². The molecule has 4 aromatic rings. The molecular formula is C25H22ClN3O3. The molecule has 0 atom stereocenters. The number of amides is 1. The lowest BCUT2D eigenvalue weighted by atomic mass is 10.1. The average Bonchev–Trinajstić information content (AvgIpc) is 3.25. The number of rotatable bonds is 8. The van der Waals surface area contributed by atoms with Gasteiger partial charge in [0.25, 0.3) is 5.91 Å². The Bertz CT molecular complexity index is 1220. The van der Waals surface area contributed by atoms with E-state index in [0.29, 0.717) is 35.2 Å². The number of methoxy groups -OCH3 is 1. The minimum absolute atomic E-state index is 0.217. The van der Waals surface area contributed by atoms with Gasteiger partial charge in [-0.15, -0.1) is 0 Å². The second-order valence-corrected chi connectivity index (χ2v) is 7.56. The molecule has 7 heteroatoms. The molecule has 0 aliphatic carbocycles. The van der Waals surface area contributed by atoms with E-state index in [2.05, 4.69) is 10.4 Å². The minimum Gasteiger partial charge on any atom is -0.497 e. The minimum atomic E-state index is -0.217. The van der Waals surface area contributed by atoms with Gasteiger partial charge in [-0.3, -0.25) is 9.48 Å². The number of nitrogens with one attached hydrogen (secondary N) is 1. The summed E-state index contributed by atoms with van der Waals surface area (Å²) < 4.78 is 12.8. The molecule has 0 bridgehead atoms. The van der Waals surface area contributed by atoms with Crippen LogP contribution in [0.25, 0.3) is 0 Å². The van der Waals surface area contributed by atoms with Gasteiger partial charge < -0.3 is 14.8 Å². The number of hydrogen-bond donors (Lipinski definition) is 1. The average molecular weight is 448 g/mol. The van der Waals surface area contributed by atoms with Crippen LogP contribution in [0.3, 0.4) is 0 Å². The summed E-state index contributed by atoms with van der Waals surface area (Å²) in [6.07, 6.45) is 3.42. The van der Waals surface area contributed by atoms with Crippen LogP contribution in [0.4, 0.5) is 5.69 Å². The van der Waals surface area contributed by atoms with Crippen molar-refractivity contribution < 1.29 is 14.3 Å². The van der Waals surface area contributed by atoms with Crippen molar-refractivity contribution in [1.82, 2.24) is 9.78 Å². The highest BCUT2D eigenvalue weighted by Gasteiger charge is 2.10. The molecule has 0 saturated heterocycles. The highest BCUT2D eigenvalue weighted by Crippen LogP contribution is 2.24. The van der Waals surface area contributed by atoms with E-state index in [-0.39, 0.29) is 5.91 Å². The van der Waals surface area contributed by atoms with Gasteiger partial charge in [-0.1, -0.05) is 48.0 Å². The van der Waals surface area contributed by atoms with Crippen LogP contribution in [-0.4, -0.2) is 22.8 Å². The van der Waals surface area contributed by atoms with Gasteiger partial charge in [0, 0.05) is 11.8 Å². The molecule has 0 fully saturated rings. The zero-order valence-corrected chi connectivity index (χ0v) is 18.3. The quantitative estimate of drug-likeness (QED) is 0.391. The highest BCUT2D eigenvalue weighted by atomic mass is 35.5. The van der Waals surface area contributed by atoms with E-state index in [0.717, 1.165) is 16.9 Å². The standard InChI is InChI=1S/C25H22ClN3O3/c1-31-22-9-5-6-18(13-22)15-29-16-21(14-27-29)28-25(30)20-8-4-7-19(12-20)17-32-24-11-3-2-10-23(24)26/h2-14,16H,15,17H2,1H3,(H,28,30). The van der Waals surface area contributed by atoms with E-state index < -0.39 is 0 Å². The maximum absolute atomic E-state index is 12.7. The second kappa shape index (κ2) is 10.0. The van der Waals surface area contributed by atoms with Gasteiger partial charge in [0.15, 0.2) is 0 Å². The number of para-hydroxylation sites is 1. The monoisotopic (exact) mass is 447 g/mol. The molecule has 0 radical (unpaired) electrons. The van der Waals surface area contributed by atoms with Crippen LogP contribution < -0.4 is 14.8 Å². The Morgan fingerprint density at radius 2 is 1.84 bits per heavy atom. The summed E-state index contributed by atoms with van der Waals surface area (Å²) in [4.78, 5) is 12.7. The molecule has 1 N–H and O–H groups in total. The fourth-order valence-electron chi connectivity index (χ4n) is 3.20. The number of carbonyl (C=O) groups excluding carboxylic acids is 1. The summed E-state index contributed by atoms with van der Waals surface area (Å²) in [5.41, 5.74) is 3.07. The molecule has 0 spiro atoms. The number of anilines is 1. The fourth-order valence-corrected chi connectivity index (χ4v) is 3.39. The van der Waals surface area contributed by atoms with Crippen LogP contribution in [0.5, 0.6) is 11.5 Å². The normalized spacial score (nSPS) is 10.6. The van der Waals surface area contributed by atoms with Gasteiger partial charge in [0.2, 0.25) is 0 Å². The summed E-state index contributed by atoms with van der Waals surface area (Å²) in [5.74, 6) is 1.18. The first-order valence-electron chi connectivity index (χ1n) is 10.0. The number of aromatic nitrogens is 2. The number of carbonyl (C=O) groups is 1. The van der Waals surface area contributed by atoms with Crippen LogP contribution in [0.15, 0.2) is 85.2 Å². The maximum atomic E-state index is 12.7. The lowest BCUT2D eigenvalue weighted by Crippen LogP contribution is -2.12. The van der Waals surface area contributed by atoms with Crippen LogP contribution in [0.1, 0.15) is 21.5 Å². The van der Waals surface area contributed by atoms with Crippen LogP contribution in [0, 0.1) is 0 Å². The van der Waals surface area contributed by atoms with Crippen molar-refractivity contribution >= 4 is 23.2 Å². The molecule has 3 aromatic carbocycles. The fraction of sp³-hybridized carbons (Fsp3) is 0.120. The summed E-state index contributed by atoms with van der Waals surface area (Å²) in [6.45, 7) is 0.880. The number of ether oxygens (including phenoxy) is 2. The predicted molar refractivity (Wildman–Crippen MR) is 125 cm³/mol. The van der Waals surface area contributed by atoms with Crippen molar-refractivity contribution in [3.05, 3.63) is 107 Å². The summed E-state index contributed by atoms with van der Waals surface area (Å²) in [5, 5.41) is 7.77. The first-order valence-corrected chi connectivity index (χ1v) is 10.4. The van der Waals surface area contributed by atoms with E-state index in [1.807, 2.05) is 54.6 Å². The summed E-state index contributed by atoms with van der Waals surface area (Å²) in [6, 6.07) is 22.4. The zero-order valence-electron chi connectivity index (χ0n) is 17.5. The Kier molecular flexibility index (Phi) is 6.72. The van der Waals surface area contributed by atoms with Gasteiger partial charge in [0.05, 0.1) is 30.6 Å². The van der Waals surface area contributed by atoms with Gasteiger partial charge in [0.1, 0.15) is 18.1 Å². The van der Waals surface area contributed by atoms with Crippen molar-refractivity contribution in [3.8, 4) is 11.5 Å². The molecule has 6 nitrogen and oxygen atoms in total. The topological polar surface area (TPSA) is 65.4 Å². The molecule has 0 saturated carbocycles. The molecule has 0 aliphatic heterocycles. The Labute approximate surface area is 191 Å². The summed E-state index contributed by atoms with van der Waals surface area (Å²) >= 11 is 6.13. The number of hydrogen-bond acceptors (Lipinski definition) is 4. The third kappa shape index (κ3) is 5.47. The van der Waals surface area contributed by atoms with Crippen molar-refractivity contribution in [2.75, 3.05) is 12.4 Å². The van der Waals surface area contributed by atoms with Crippen LogP contribution in [-0.2, 0) is 13.2 Å². The predicted octanol–water partition coefficient (Wildman–Crippen LogP) is 5.42. The van der Waals surface area contributed by atoms with E-state index in [4.69, 9.17) is 21.1 Å². The Hall–Kier alpha value is -3.77. The number of halogens is 1. The molecular weight excluding hydrogens is 426 g/mol. The number of benzene rings is 3.